The fraction of sp³-hybridized carbons (Fsp3) is 0.571. The van der Waals surface area contributed by atoms with Crippen LogP contribution < -0.4 is 0 Å². The van der Waals surface area contributed by atoms with Gasteiger partial charge in [0, 0.05) is 0 Å². The summed E-state index contributed by atoms with van der Waals surface area (Å²) >= 11 is 0. The number of rotatable bonds is 5. The second-order valence-corrected chi connectivity index (χ2v) is 19.4. The minimum atomic E-state index is -2.22. The molecule has 5 heteroatoms. The van der Waals surface area contributed by atoms with E-state index in [9.17, 15) is 4.79 Å². The third-order valence-electron chi connectivity index (χ3n) is 5.62. The van der Waals surface area contributed by atoms with Gasteiger partial charge in [0.25, 0.3) is 16.6 Å². The topological polar surface area (TPSA) is 35.5 Å². The quantitative estimate of drug-likeness (QED) is 0.322. The van der Waals surface area contributed by atoms with E-state index >= 15 is 0 Å². The highest BCUT2D eigenvalue weighted by Gasteiger charge is 2.44. The zero-order valence-electron chi connectivity index (χ0n) is 18.2. The second kappa shape index (κ2) is 7.73. The van der Waals surface area contributed by atoms with Crippen LogP contribution in [-0.2, 0) is 13.6 Å². The minimum absolute atomic E-state index is 0.0000312. The first-order valence-corrected chi connectivity index (χ1v) is 15.1. The van der Waals surface area contributed by atoms with Gasteiger partial charge in [-0.2, -0.15) is 0 Å². The van der Waals surface area contributed by atoms with Crippen molar-refractivity contribution in [2.24, 2.45) is 0 Å². The molecular formula is C21H36O3Si2. The van der Waals surface area contributed by atoms with Crippen molar-refractivity contribution in [2.75, 3.05) is 0 Å². The first-order chi connectivity index (χ1) is 11.6. The number of hydrogen-bond acceptors (Lipinski definition) is 3. The summed E-state index contributed by atoms with van der Waals surface area (Å²) in [7, 11) is -4.38. The molecule has 146 valence electrons. The lowest BCUT2D eigenvalue weighted by molar-refractivity contribution is -0.133. The van der Waals surface area contributed by atoms with E-state index in [-0.39, 0.29) is 16.0 Å². The van der Waals surface area contributed by atoms with E-state index in [1.807, 2.05) is 36.4 Å². The molecule has 1 aromatic carbocycles. The van der Waals surface area contributed by atoms with Gasteiger partial charge in [-0.05, 0) is 47.9 Å². The molecule has 0 radical (unpaired) electrons. The average molecular weight is 393 g/mol. The molecule has 0 heterocycles. The van der Waals surface area contributed by atoms with E-state index in [2.05, 4.69) is 67.7 Å². The van der Waals surface area contributed by atoms with Crippen molar-refractivity contribution >= 4 is 28.7 Å². The predicted molar refractivity (Wildman–Crippen MR) is 116 cm³/mol. The number of carbonyl (C=O) groups is 1. The smallest absolute Gasteiger partial charge is 0.358 e. The van der Waals surface area contributed by atoms with Crippen molar-refractivity contribution in [2.45, 2.75) is 77.8 Å². The molecule has 0 N–H and O–H groups in total. The fourth-order valence-corrected chi connectivity index (χ4v) is 3.56. The lowest BCUT2D eigenvalue weighted by Gasteiger charge is -2.39. The van der Waals surface area contributed by atoms with Gasteiger partial charge in [-0.3, -0.25) is 0 Å². The van der Waals surface area contributed by atoms with Crippen LogP contribution in [0.1, 0.15) is 47.1 Å². The molecule has 0 saturated carbocycles. The summed E-state index contributed by atoms with van der Waals surface area (Å²) < 4.78 is 12.4. The van der Waals surface area contributed by atoms with Gasteiger partial charge in [-0.1, -0.05) is 71.9 Å². The Morgan fingerprint density at radius 2 is 1.23 bits per heavy atom. The van der Waals surface area contributed by atoms with Gasteiger partial charge in [-0.15, -0.1) is 0 Å². The fourth-order valence-electron chi connectivity index (χ4n) is 1.69. The molecule has 0 aromatic heterocycles. The zero-order valence-corrected chi connectivity index (χ0v) is 20.2. The molecule has 1 rings (SSSR count). The van der Waals surface area contributed by atoms with Gasteiger partial charge < -0.3 is 8.85 Å². The summed E-state index contributed by atoms with van der Waals surface area (Å²) in [6.45, 7) is 21.3. The zero-order chi connectivity index (χ0) is 20.4. The predicted octanol–water partition coefficient (Wildman–Crippen LogP) is 6.60. The monoisotopic (exact) mass is 392 g/mol. The molecule has 0 saturated heterocycles. The molecule has 26 heavy (non-hydrogen) atoms. The van der Waals surface area contributed by atoms with Gasteiger partial charge in [-0.25, -0.2) is 4.79 Å². The maximum atomic E-state index is 13.1. The summed E-state index contributed by atoms with van der Waals surface area (Å²) in [5.41, 5.74) is 0.938. The van der Waals surface area contributed by atoms with Crippen LogP contribution in [0.15, 0.2) is 36.1 Å². The molecule has 0 fully saturated rings. The third-order valence-corrected chi connectivity index (χ3v) is 14.3. The van der Waals surface area contributed by atoms with Crippen LogP contribution in [0.25, 0.3) is 6.08 Å². The average Bonchev–Trinajstić information content (AvgIpc) is 2.44. The Morgan fingerprint density at radius 1 is 0.808 bits per heavy atom. The molecule has 0 aliphatic carbocycles. The molecular weight excluding hydrogens is 356 g/mol. The SMILES string of the molecule is CC(C)(C)[Si](C)(C)OC(=O)/C(=C/c1ccccc1)O[Si](C)(C)C(C)(C)C. The molecule has 0 unspecified atom stereocenters. The first kappa shape index (κ1) is 22.7. The molecule has 0 aliphatic rings. The van der Waals surface area contributed by atoms with E-state index in [4.69, 9.17) is 8.85 Å². The highest BCUT2D eigenvalue weighted by molar-refractivity contribution is 6.76. The highest BCUT2D eigenvalue weighted by Crippen LogP contribution is 2.40. The molecule has 1 aromatic rings. The second-order valence-electron chi connectivity index (χ2n) is 9.93. The van der Waals surface area contributed by atoms with Crippen LogP contribution in [0.3, 0.4) is 0 Å². The number of carbonyl (C=O) groups excluding carboxylic acids is 1. The molecule has 0 bridgehead atoms. The first-order valence-electron chi connectivity index (χ1n) is 9.26. The summed E-state index contributed by atoms with van der Waals surface area (Å²) in [6.07, 6.45) is 1.82. The van der Waals surface area contributed by atoms with E-state index < -0.39 is 16.6 Å². The number of benzene rings is 1. The van der Waals surface area contributed by atoms with Crippen LogP contribution in [-0.4, -0.2) is 22.6 Å². The maximum Gasteiger partial charge on any atom is 0.358 e. The van der Waals surface area contributed by atoms with E-state index in [0.29, 0.717) is 5.76 Å². The van der Waals surface area contributed by atoms with Crippen molar-refractivity contribution in [3.05, 3.63) is 41.7 Å². The van der Waals surface area contributed by atoms with Crippen molar-refractivity contribution in [3.63, 3.8) is 0 Å². The number of hydrogen-bond donors (Lipinski definition) is 0. The Balaban J connectivity index is 3.25. The molecule has 0 atom stereocenters. The summed E-state index contributed by atoms with van der Waals surface area (Å²) in [6, 6.07) is 9.80. The normalized spacial score (nSPS) is 14.2. The van der Waals surface area contributed by atoms with Crippen molar-refractivity contribution in [3.8, 4) is 0 Å². The van der Waals surface area contributed by atoms with Crippen LogP contribution >= 0.6 is 0 Å². The molecule has 0 spiro atoms. The molecule has 0 aliphatic heterocycles. The van der Waals surface area contributed by atoms with Crippen LogP contribution in [0.2, 0.25) is 36.3 Å². The Hall–Kier alpha value is -1.34. The van der Waals surface area contributed by atoms with Crippen LogP contribution in [0.4, 0.5) is 0 Å². The molecule has 3 nitrogen and oxygen atoms in total. The van der Waals surface area contributed by atoms with Gasteiger partial charge in [0.2, 0.25) is 0 Å². The summed E-state index contributed by atoms with van der Waals surface area (Å²) in [5.74, 6) is -0.0158. The standard InChI is InChI=1S/C21H36O3Si2/c1-20(2,3)25(7,8)23-18(16-17-14-12-11-13-15-17)19(22)24-26(9,10)21(4,5)6/h11-16H,1-10H3/b18-16-. The van der Waals surface area contributed by atoms with E-state index in [0.717, 1.165) is 5.56 Å². The summed E-state index contributed by atoms with van der Waals surface area (Å²) in [5, 5.41) is -0.0441. The van der Waals surface area contributed by atoms with Crippen molar-refractivity contribution < 1.29 is 13.6 Å². The van der Waals surface area contributed by atoms with Gasteiger partial charge in [0.15, 0.2) is 5.76 Å². The van der Waals surface area contributed by atoms with Gasteiger partial charge in [0.1, 0.15) is 0 Å². The lowest BCUT2D eigenvalue weighted by Crippen LogP contribution is -2.45. The Kier molecular flexibility index (Phi) is 6.75. The summed E-state index contributed by atoms with van der Waals surface area (Å²) in [4.78, 5) is 13.1. The lowest BCUT2D eigenvalue weighted by atomic mass is 10.2. The Morgan fingerprint density at radius 3 is 1.65 bits per heavy atom. The van der Waals surface area contributed by atoms with Gasteiger partial charge in [0.05, 0.1) is 0 Å². The maximum absolute atomic E-state index is 13.1. The van der Waals surface area contributed by atoms with Gasteiger partial charge >= 0.3 is 5.97 Å². The Bertz CT molecular complexity index is 648. The van der Waals surface area contributed by atoms with Crippen molar-refractivity contribution in [1.29, 1.82) is 0 Å². The van der Waals surface area contributed by atoms with Crippen LogP contribution in [0, 0.1) is 0 Å². The van der Waals surface area contributed by atoms with E-state index in [1.54, 1.807) is 0 Å². The van der Waals surface area contributed by atoms with Crippen molar-refractivity contribution in [1.82, 2.24) is 0 Å². The molecule has 0 amide bonds. The largest absolute Gasteiger partial charge is 0.539 e. The highest BCUT2D eigenvalue weighted by atomic mass is 28.4. The van der Waals surface area contributed by atoms with E-state index in [1.165, 1.54) is 0 Å². The van der Waals surface area contributed by atoms with Crippen LogP contribution in [0.5, 0.6) is 0 Å². The minimum Gasteiger partial charge on any atom is -0.539 e. The third kappa shape index (κ3) is 5.84. The Labute approximate surface area is 162 Å².